The highest BCUT2D eigenvalue weighted by atomic mass is 32.1. The van der Waals surface area contributed by atoms with Crippen LogP contribution in [0.15, 0.2) is 29.9 Å². The van der Waals surface area contributed by atoms with E-state index in [0.29, 0.717) is 6.54 Å². The predicted octanol–water partition coefficient (Wildman–Crippen LogP) is 2.16. The molecule has 0 aliphatic heterocycles. The van der Waals surface area contributed by atoms with Crippen LogP contribution < -0.4 is 5.73 Å². The lowest BCUT2D eigenvalue weighted by molar-refractivity contribution is 0.948. The van der Waals surface area contributed by atoms with Crippen LogP contribution in [0.5, 0.6) is 0 Å². The molecule has 0 saturated carbocycles. The van der Waals surface area contributed by atoms with Crippen molar-refractivity contribution in [2.24, 2.45) is 12.8 Å². The van der Waals surface area contributed by atoms with Gasteiger partial charge in [-0.3, -0.25) is 0 Å². The SMILES string of the molecule is Cn1cnc2cc(-c3nc(CN)cs3)ccc21. The van der Waals surface area contributed by atoms with E-state index in [2.05, 4.69) is 28.2 Å². The van der Waals surface area contributed by atoms with Gasteiger partial charge in [0.2, 0.25) is 0 Å². The minimum Gasteiger partial charge on any atom is -0.334 e. The summed E-state index contributed by atoms with van der Waals surface area (Å²) in [6.07, 6.45) is 1.82. The van der Waals surface area contributed by atoms with Crippen LogP contribution >= 0.6 is 11.3 Å². The van der Waals surface area contributed by atoms with Crippen molar-refractivity contribution in [1.82, 2.24) is 14.5 Å². The Morgan fingerprint density at radius 2 is 2.29 bits per heavy atom. The van der Waals surface area contributed by atoms with Gasteiger partial charge >= 0.3 is 0 Å². The minimum absolute atomic E-state index is 0.488. The molecular formula is C12H12N4S. The summed E-state index contributed by atoms with van der Waals surface area (Å²) in [5.41, 5.74) is 9.72. The number of rotatable bonds is 2. The number of aryl methyl sites for hydroxylation is 1. The first-order valence-corrected chi connectivity index (χ1v) is 6.22. The van der Waals surface area contributed by atoms with Crippen molar-refractivity contribution in [3.63, 3.8) is 0 Å². The van der Waals surface area contributed by atoms with Crippen LogP contribution in [0, 0.1) is 0 Å². The molecule has 0 atom stereocenters. The third kappa shape index (κ3) is 1.73. The van der Waals surface area contributed by atoms with Crippen LogP contribution in [0.1, 0.15) is 5.69 Å². The molecule has 0 spiro atoms. The average molecular weight is 244 g/mol. The topological polar surface area (TPSA) is 56.7 Å². The molecule has 3 aromatic rings. The summed E-state index contributed by atoms with van der Waals surface area (Å²) < 4.78 is 2.01. The molecule has 0 amide bonds. The van der Waals surface area contributed by atoms with Gasteiger partial charge < -0.3 is 10.3 Å². The number of aromatic nitrogens is 3. The van der Waals surface area contributed by atoms with E-state index in [1.165, 1.54) is 0 Å². The molecule has 0 bridgehead atoms. The lowest BCUT2D eigenvalue weighted by atomic mass is 10.2. The number of nitrogens with zero attached hydrogens (tertiary/aromatic N) is 3. The molecule has 1 aromatic carbocycles. The maximum atomic E-state index is 5.56. The summed E-state index contributed by atoms with van der Waals surface area (Å²) in [5, 5.41) is 3.00. The Balaban J connectivity index is 2.11. The van der Waals surface area contributed by atoms with E-state index in [1.807, 2.05) is 23.3 Å². The summed E-state index contributed by atoms with van der Waals surface area (Å²) in [6, 6.07) is 6.21. The van der Waals surface area contributed by atoms with Crippen LogP contribution in [0.2, 0.25) is 0 Å². The first-order valence-electron chi connectivity index (χ1n) is 5.34. The van der Waals surface area contributed by atoms with Crippen molar-refractivity contribution in [2.45, 2.75) is 6.54 Å². The molecule has 2 N–H and O–H groups in total. The van der Waals surface area contributed by atoms with E-state index in [4.69, 9.17) is 5.73 Å². The zero-order valence-corrected chi connectivity index (χ0v) is 10.2. The van der Waals surface area contributed by atoms with Crippen molar-refractivity contribution in [1.29, 1.82) is 0 Å². The van der Waals surface area contributed by atoms with Crippen LogP contribution in [-0.4, -0.2) is 14.5 Å². The molecule has 0 fully saturated rings. The first kappa shape index (κ1) is 10.4. The Bertz CT molecular complexity index is 668. The van der Waals surface area contributed by atoms with Gasteiger partial charge in [-0.15, -0.1) is 11.3 Å². The van der Waals surface area contributed by atoms with Gasteiger partial charge in [0.15, 0.2) is 0 Å². The Labute approximate surface area is 103 Å². The number of nitrogens with two attached hydrogens (primary N) is 1. The molecule has 17 heavy (non-hydrogen) atoms. The quantitative estimate of drug-likeness (QED) is 0.751. The fourth-order valence-corrected chi connectivity index (χ4v) is 2.63. The lowest BCUT2D eigenvalue weighted by Crippen LogP contribution is -1.95. The van der Waals surface area contributed by atoms with E-state index in [1.54, 1.807) is 11.3 Å². The van der Waals surface area contributed by atoms with E-state index >= 15 is 0 Å². The van der Waals surface area contributed by atoms with Crippen molar-refractivity contribution < 1.29 is 0 Å². The zero-order chi connectivity index (χ0) is 11.8. The molecule has 0 unspecified atom stereocenters. The second kappa shape index (κ2) is 3.94. The highest BCUT2D eigenvalue weighted by molar-refractivity contribution is 7.13. The van der Waals surface area contributed by atoms with E-state index in [-0.39, 0.29) is 0 Å². The van der Waals surface area contributed by atoms with E-state index < -0.39 is 0 Å². The van der Waals surface area contributed by atoms with Gasteiger partial charge in [0.05, 0.1) is 23.1 Å². The standard InChI is InChI=1S/C12H12N4S/c1-16-7-14-10-4-8(2-3-11(10)16)12-15-9(5-13)6-17-12/h2-4,6-7H,5,13H2,1H3. The molecule has 2 heterocycles. The number of benzene rings is 1. The average Bonchev–Trinajstić information content (AvgIpc) is 2.96. The van der Waals surface area contributed by atoms with Gasteiger partial charge in [0.1, 0.15) is 5.01 Å². The molecule has 0 radical (unpaired) electrons. The first-order chi connectivity index (χ1) is 8.28. The molecular weight excluding hydrogens is 232 g/mol. The Hall–Kier alpha value is -1.72. The molecule has 86 valence electrons. The normalized spacial score (nSPS) is 11.2. The van der Waals surface area contributed by atoms with Crippen molar-refractivity contribution in [3.05, 3.63) is 35.6 Å². The summed E-state index contributed by atoms with van der Waals surface area (Å²) >= 11 is 1.62. The molecule has 2 aromatic heterocycles. The molecule has 5 heteroatoms. The highest BCUT2D eigenvalue weighted by Gasteiger charge is 2.06. The summed E-state index contributed by atoms with van der Waals surface area (Å²) in [4.78, 5) is 8.82. The number of hydrogen-bond donors (Lipinski definition) is 1. The number of thiazole rings is 1. The number of fused-ring (bicyclic) bond motifs is 1. The summed E-state index contributed by atoms with van der Waals surface area (Å²) in [5.74, 6) is 0. The third-order valence-corrected chi connectivity index (χ3v) is 3.67. The Kier molecular flexibility index (Phi) is 2.42. The molecule has 4 nitrogen and oxygen atoms in total. The zero-order valence-electron chi connectivity index (χ0n) is 9.42. The van der Waals surface area contributed by atoms with Crippen molar-refractivity contribution in [3.8, 4) is 10.6 Å². The number of hydrogen-bond acceptors (Lipinski definition) is 4. The van der Waals surface area contributed by atoms with Crippen LogP contribution in [-0.2, 0) is 13.6 Å². The third-order valence-electron chi connectivity index (χ3n) is 2.73. The molecule has 0 aliphatic rings. The monoisotopic (exact) mass is 244 g/mol. The van der Waals surface area contributed by atoms with Gasteiger partial charge in [-0.05, 0) is 18.2 Å². The minimum atomic E-state index is 0.488. The van der Waals surface area contributed by atoms with Crippen LogP contribution in [0.4, 0.5) is 0 Å². The van der Waals surface area contributed by atoms with Gasteiger partial charge in [0, 0.05) is 24.5 Å². The summed E-state index contributed by atoms with van der Waals surface area (Å²) in [7, 11) is 1.99. The maximum absolute atomic E-state index is 5.56. The fourth-order valence-electron chi connectivity index (χ4n) is 1.80. The van der Waals surface area contributed by atoms with Crippen LogP contribution in [0.3, 0.4) is 0 Å². The second-order valence-corrected chi connectivity index (χ2v) is 4.77. The highest BCUT2D eigenvalue weighted by Crippen LogP contribution is 2.26. The Morgan fingerprint density at radius 1 is 1.41 bits per heavy atom. The number of imidazole rings is 1. The Morgan fingerprint density at radius 3 is 3.06 bits per heavy atom. The van der Waals surface area contributed by atoms with Crippen LogP contribution in [0.25, 0.3) is 21.6 Å². The summed E-state index contributed by atoms with van der Waals surface area (Å²) in [6.45, 7) is 0.488. The second-order valence-electron chi connectivity index (χ2n) is 3.91. The van der Waals surface area contributed by atoms with E-state index in [9.17, 15) is 0 Å². The van der Waals surface area contributed by atoms with Gasteiger partial charge in [0.25, 0.3) is 0 Å². The largest absolute Gasteiger partial charge is 0.334 e. The van der Waals surface area contributed by atoms with E-state index in [0.717, 1.165) is 27.3 Å². The molecule has 0 saturated heterocycles. The van der Waals surface area contributed by atoms with Crippen molar-refractivity contribution >= 4 is 22.4 Å². The van der Waals surface area contributed by atoms with Gasteiger partial charge in [-0.25, -0.2) is 9.97 Å². The lowest BCUT2D eigenvalue weighted by Gasteiger charge is -1.97. The molecule has 0 aliphatic carbocycles. The van der Waals surface area contributed by atoms with Gasteiger partial charge in [-0.2, -0.15) is 0 Å². The van der Waals surface area contributed by atoms with Gasteiger partial charge in [-0.1, -0.05) is 0 Å². The maximum Gasteiger partial charge on any atom is 0.123 e. The smallest absolute Gasteiger partial charge is 0.123 e. The predicted molar refractivity (Wildman–Crippen MR) is 69.7 cm³/mol. The van der Waals surface area contributed by atoms with Crippen molar-refractivity contribution in [2.75, 3.05) is 0 Å². The molecule has 3 rings (SSSR count). The fraction of sp³-hybridized carbons (Fsp3) is 0.167.